The lowest BCUT2D eigenvalue weighted by Crippen LogP contribution is -2.60. The molecule has 1 aliphatic carbocycles. The first kappa shape index (κ1) is 21.2. The highest BCUT2D eigenvalue weighted by atomic mass is 15.3. The monoisotopic (exact) mass is 350 g/mol. The van der Waals surface area contributed by atoms with Crippen molar-refractivity contribution in [1.82, 2.24) is 9.80 Å². The number of rotatable bonds is 8. The van der Waals surface area contributed by atoms with E-state index in [0.717, 1.165) is 17.8 Å². The van der Waals surface area contributed by atoms with Gasteiger partial charge in [-0.05, 0) is 64.8 Å². The molecular weight excluding hydrogens is 304 g/mol. The van der Waals surface area contributed by atoms with Gasteiger partial charge in [0.2, 0.25) is 0 Å². The van der Waals surface area contributed by atoms with Gasteiger partial charge in [-0.15, -0.1) is 0 Å². The van der Waals surface area contributed by atoms with Gasteiger partial charge in [-0.25, -0.2) is 0 Å². The summed E-state index contributed by atoms with van der Waals surface area (Å²) in [6, 6.07) is 0.687. The molecule has 0 aromatic rings. The molecule has 148 valence electrons. The third-order valence-electron chi connectivity index (χ3n) is 6.89. The van der Waals surface area contributed by atoms with Crippen LogP contribution in [0.25, 0.3) is 0 Å². The maximum atomic E-state index is 2.76. The second-order valence-corrected chi connectivity index (χ2v) is 10.4. The number of unbranched alkanes of at least 4 members (excludes halogenated alkanes) is 1. The van der Waals surface area contributed by atoms with Crippen molar-refractivity contribution in [3.8, 4) is 0 Å². The lowest BCUT2D eigenvalue weighted by Gasteiger charge is -2.48. The molecule has 0 radical (unpaired) electrons. The van der Waals surface area contributed by atoms with Gasteiger partial charge in [-0.2, -0.15) is 0 Å². The molecule has 0 aromatic heterocycles. The van der Waals surface area contributed by atoms with E-state index < -0.39 is 0 Å². The molecule has 0 unspecified atom stereocenters. The molecule has 1 saturated heterocycles. The van der Waals surface area contributed by atoms with Crippen LogP contribution in [0.15, 0.2) is 0 Å². The maximum absolute atomic E-state index is 2.76. The van der Waals surface area contributed by atoms with Gasteiger partial charge in [0.25, 0.3) is 0 Å². The van der Waals surface area contributed by atoms with Crippen LogP contribution < -0.4 is 0 Å². The maximum Gasteiger partial charge on any atom is 0.0280 e. The summed E-state index contributed by atoms with van der Waals surface area (Å²) in [6.07, 6.45) is 11.8. The molecule has 2 rings (SSSR count). The first-order valence-electron chi connectivity index (χ1n) is 11.3. The van der Waals surface area contributed by atoms with Crippen LogP contribution in [-0.2, 0) is 0 Å². The van der Waals surface area contributed by atoms with Crippen molar-refractivity contribution < 1.29 is 0 Å². The predicted molar refractivity (Wildman–Crippen MR) is 111 cm³/mol. The first-order valence-corrected chi connectivity index (χ1v) is 11.3. The zero-order valence-electron chi connectivity index (χ0n) is 18.2. The summed E-state index contributed by atoms with van der Waals surface area (Å²) in [6.45, 7) is 19.4. The molecule has 1 heterocycles. The van der Waals surface area contributed by atoms with Crippen LogP contribution in [0, 0.1) is 17.8 Å². The minimum Gasteiger partial charge on any atom is -0.298 e. The minimum atomic E-state index is 0.345. The molecule has 0 atom stereocenters. The van der Waals surface area contributed by atoms with Gasteiger partial charge in [0.05, 0.1) is 0 Å². The van der Waals surface area contributed by atoms with Gasteiger partial charge in [0, 0.05) is 31.2 Å². The Morgan fingerprint density at radius 1 is 0.880 bits per heavy atom. The average Bonchev–Trinajstić information content (AvgIpc) is 2.53. The van der Waals surface area contributed by atoms with Gasteiger partial charge in [-0.1, -0.05) is 52.4 Å². The van der Waals surface area contributed by atoms with E-state index in [1.54, 1.807) is 0 Å². The molecule has 2 aliphatic rings. The molecule has 0 bridgehead atoms. The lowest BCUT2D eigenvalue weighted by atomic mass is 9.77. The number of hydrogen-bond acceptors (Lipinski definition) is 2. The van der Waals surface area contributed by atoms with E-state index in [4.69, 9.17) is 0 Å². The molecule has 2 fully saturated rings. The Labute approximate surface area is 158 Å². The summed E-state index contributed by atoms with van der Waals surface area (Å²) in [5, 5.41) is 0. The summed E-state index contributed by atoms with van der Waals surface area (Å²) in [4.78, 5) is 5.40. The van der Waals surface area contributed by atoms with E-state index in [-0.39, 0.29) is 0 Å². The van der Waals surface area contributed by atoms with E-state index in [1.807, 2.05) is 0 Å². The summed E-state index contributed by atoms with van der Waals surface area (Å²) in [5.41, 5.74) is 0.345. The molecule has 1 saturated carbocycles. The highest BCUT2D eigenvalue weighted by Gasteiger charge is 2.33. The largest absolute Gasteiger partial charge is 0.298 e. The van der Waals surface area contributed by atoms with E-state index in [0.29, 0.717) is 11.6 Å². The standard InChI is InChI=1S/C23H46N2/c1-19(2)17-22-12-10-21(11-13-22)9-7-8-14-25-16-15-24(20(3)4)18-23(25,5)6/h19-22H,7-18H2,1-6H3. The van der Waals surface area contributed by atoms with Crippen LogP contribution in [0.5, 0.6) is 0 Å². The fraction of sp³-hybridized carbons (Fsp3) is 1.00. The number of nitrogens with zero attached hydrogens (tertiary/aromatic N) is 2. The fourth-order valence-electron chi connectivity index (χ4n) is 5.24. The normalized spacial score (nSPS) is 28.8. The smallest absolute Gasteiger partial charge is 0.0280 e. The summed E-state index contributed by atoms with van der Waals surface area (Å²) >= 11 is 0. The van der Waals surface area contributed by atoms with Crippen molar-refractivity contribution in [3.05, 3.63) is 0 Å². The van der Waals surface area contributed by atoms with Gasteiger partial charge in [-0.3, -0.25) is 9.80 Å². The zero-order valence-corrected chi connectivity index (χ0v) is 18.2. The Balaban J connectivity index is 1.60. The van der Waals surface area contributed by atoms with Crippen molar-refractivity contribution in [2.45, 2.75) is 104 Å². The van der Waals surface area contributed by atoms with Crippen molar-refractivity contribution in [2.75, 3.05) is 26.2 Å². The van der Waals surface area contributed by atoms with Crippen LogP contribution in [0.1, 0.15) is 92.9 Å². The Bertz CT molecular complexity index is 366. The zero-order chi connectivity index (χ0) is 18.4. The Morgan fingerprint density at radius 3 is 2.08 bits per heavy atom. The van der Waals surface area contributed by atoms with E-state index >= 15 is 0 Å². The molecule has 2 heteroatoms. The summed E-state index contributed by atoms with van der Waals surface area (Å²) in [7, 11) is 0. The topological polar surface area (TPSA) is 6.48 Å². The molecule has 0 spiro atoms. The fourth-order valence-corrected chi connectivity index (χ4v) is 5.24. The van der Waals surface area contributed by atoms with Gasteiger partial charge in [0.1, 0.15) is 0 Å². The van der Waals surface area contributed by atoms with Crippen LogP contribution in [-0.4, -0.2) is 47.6 Å². The SMILES string of the molecule is CC(C)CC1CCC(CCCCN2CCN(C(C)C)CC2(C)C)CC1. The third-order valence-corrected chi connectivity index (χ3v) is 6.89. The van der Waals surface area contributed by atoms with Crippen LogP contribution in [0.4, 0.5) is 0 Å². The Hall–Kier alpha value is -0.0800. The van der Waals surface area contributed by atoms with Gasteiger partial charge >= 0.3 is 0 Å². The highest BCUT2D eigenvalue weighted by Crippen LogP contribution is 2.35. The number of hydrogen-bond donors (Lipinski definition) is 0. The Morgan fingerprint density at radius 2 is 1.52 bits per heavy atom. The van der Waals surface area contributed by atoms with E-state index in [9.17, 15) is 0 Å². The predicted octanol–water partition coefficient (Wildman–Crippen LogP) is 5.81. The molecule has 0 aromatic carbocycles. The van der Waals surface area contributed by atoms with Gasteiger partial charge < -0.3 is 0 Å². The van der Waals surface area contributed by atoms with Crippen molar-refractivity contribution in [2.24, 2.45) is 17.8 Å². The lowest BCUT2D eigenvalue weighted by molar-refractivity contribution is 0.00517. The minimum absolute atomic E-state index is 0.345. The molecular formula is C23H46N2. The first-order chi connectivity index (χ1) is 11.8. The molecule has 0 amide bonds. The van der Waals surface area contributed by atoms with Crippen LogP contribution >= 0.6 is 0 Å². The van der Waals surface area contributed by atoms with E-state index in [2.05, 4.69) is 51.3 Å². The molecule has 0 N–H and O–H groups in total. The molecule has 25 heavy (non-hydrogen) atoms. The highest BCUT2D eigenvalue weighted by molar-refractivity contribution is 4.91. The van der Waals surface area contributed by atoms with E-state index in [1.165, 1.54) is 77.5 Å². The van der Waals surface area contributed by atoms with Crippen molar-refractivity contribution in [1.29, 1.82) is 0 Å². The number of piperazine rings is 1. The third kappa shape index (κ3) is 6.86. The second kappa shape index (κ2) is 9.74. The van der Waals surface area contributed by atoms with Crippen LogP contribution in [0.2, 0.25) is 0 Å². The van der Waals surface area contributed by atoms with Crippen LogP contribution in [0.3, 0.4) is 0 Å². The Kier molecular flexibility index (Phi) is 8.27. The average molecular weight is 351 g/mol. The van der Waals surface area contributed by atoms with Crippen molar-refractivity contribution >= 4 is 0 Å². The van der Waals surface area contributed by atoms with Gasteiger partial charge in [0.15, 0.2) is 0 Å². The quantitative estimate of drug-likeness (QED) is 0.509. The van der Waals surface area contributed by atoms with Crippen molar-refractivity contribution in [3.63, 3.8) is 0 Å². The molecule has 2 nitrogen and oxygen atoms in total. The summed E-state index contributed by atoms with van der Waals surface area (Å²) in [5.74, 6) is 2.96. The second-order valence-electron chi connectivity index (χ2n) is 10.4. The molecule has 1 aliphatic heterocycles. The summed E-state index contributed by atoms with van der Waals surface area (Å²) < 4.78 is 0.